The summed E-state index contributed by atoms with van der Waals surface area (Å²) >= 11 is 0. The molecule has 0 atom stereocenters. The standard InChI is InChI=1S/C22H15F4N3O3S/c23-19-11-17(6-7-18(19)22(24,25)26)33(31,32)16-4-1-14(2-5-16)3-8-20(30)15-12-28-21-27-9-10-29(21)13-15/h1-2,4-7,9-13H,3,8H2. The Morgan fingerprint density at radius 3 is 2.36 bits per heavy atom. The van der Waals surface area contributed by atoms with Crippen LogP contribution in [-0.2, 0) is 22.4 Å². The molecule has 0 aliphatic heterocycles. The van der Waals surface area contributed by atoms with Gasteiger partial charge in [0, 0.05) is 31.2 Å². The van der Waals surface area contributed by atoms with E-state index in [1.807, 2.05) is 0 Å². The van der Waals surface area contributed by atoms with E-state index in [4.69, 9.17) is 0 Å². The number of sulfone groups is 1. The van der Waals surface area contributed by atoms with E-state index in [0.717, 1.165) is 6.07 Å². The third-order valence-electron chi connectivity index (χ3n) is 5.00. The van der Waals surface area contributed by atoms with Gasteiger partial charge in [-0.2, -0.15) is 13.2 Å². The van der Waals surface area contributed by atoms with Gasteiger partial charge >= 0.3 is 6.18 Å². The number of rotatable bonds is 6. The number of alkyl halides is 3. The number of benzene rings is 2. The van der Waals surface area contributed by atoms with E-state index in [1.165, 1.54) is 30.5 Å². The average Bonchev–Trinajstić information content (AvgIpc) is 3.24. The van der Waals surface area contributed by atoms with Crippen LogP contribution >= 0.6 is 0 Å². The zero-order valence-corrected chi connectivity index (χ0v) is 17.6. The highest BCUT2D eigenvalue weighted by Crippen LogP contribution is 2.33. The van der Waals surface area contributed by atoms with Crippen LogP contribution in [0.25, 0.3) is 5.78 Å². The Morgan fingerprint density at radius 1 is 1.00 bits per heavy atom. The van der Waals surface area contributed by atoms with Gasteiger partial charge in [-0.05, 0) is 42.3 Å². The zero-order valence-electron chi connectivity index (χ0n) is 16.8. The van der Waals surface area contributed by atoms with Gasteiger partial charge in [0.25, 0.3) is 0 Å². The number of carbonyl (C=O) groups excluding carboxylic acids is 1. The summed E-state index contributed by atoms with van der Waals surface area (Å²) in [5.74, 6) is -1.35. The second-order valence-corrected chi connectivity index (χ2v) is 9.14. The molecule has 0 saturated heterocycles. The fourth-order valence-corrected chi connectivity index (χ4v) is 4.50. The molecular weight excluding hydrogens is 462 g/mol. The predicted molar refractivity (Wildman–Crippen MR) is 109 cm³/mol. The Bertz CT molecular complexity index is 1450. The molecule has 33 heavy (non-hydrogen) atoms. The molecule has 0 fully saturated rings. The normalized spacial score (nSPS) is 12.2. The predicted octanol–water partition coefficient (Wildman–Crippen LogP) is 4.54. The van der Waals surface area contributed by atoms with Gasteiger partial charge in [0.15, 0.2) is 5.78 Å². The molecule has 11 heteroatoms. The number of hydrogen-bond acceptors (Lipinski definition) is 5. The summed E-state index contributed by atoms with van der Waals surface area (Å²) < 4.78 is 78.9. The number of carbonyl (C=O) groups is 1. The van der Waals surface area contributed by atoms with Crippen LogP contribution in [0, 0.1) is 5.82 Å². The number of fused-ring (bicyclic) bond motifs is 1. The van der Waals surface area contributed by atoms with Crippen molar-refractivity contribution in [2.24, 2.45) is 0 Å². The topological polar surface area (TPSA) is 81.4 Å². The molecule has 2 aromatic heterocycles. The maximum absolute atomic E-state index is 13.8. The lowest BCUT2D eigenvalue weighted by Gasteiger charge is -2.10. The van der Waals surface area contributed by atoms with E-state index < -0.39 is 32.3 Å². The van der Waals surface area contributed by atoms with Crippen molar-refractivity contribution in [3.8, 4) is 0 Å². The van der Waals surface area contributed by atoms with Gasteiger partial charge in [-0.25, -0.2) is 22.8 Å². The van der Waals surface area contributed by atoms with Crippen molar-refractivity contribution in [1.29, 1.82) is 0 Å². The lowest BCUT2D eigenvalue weighted by molar-refractivity contribution is -0.140. The number of aromatic nitrogens is 3. The molecule has 0 aliphatic rings. The summed E-state index contributed by atoms with van der Waals surface area (Å²) in [6, 6.07) is 7.01. The van der Waals surface area contributed by atoms with Gasteiger partial charge in [-0.15, -0.1) is 0 Å². The summed E-state index contributed by atoms with van der Waals surface area (Å²) in [4.78, 5) is 19.7. The van der Waals surface area contributed by atoms with Gasteiger partial charge in [-0.3, -0.25) is 9.20 Å². The molecule has 4 aromatic rings. The molecule has 0 N–H and O–H groups in total. The molecule has 6 nitrogen and oxygen atoms in total. The molecule has 0 amide bonds. The van der Waals surface area contributed by atoms with Crippen molar-refractivity contribution < 1.29 is 30.8 Å². The first-order chi connectivity index (χ1) is 15.6. The fraction of sp³-hybridized carbons (Fsp3) is 0.136. The van der Waals surface area contributed by atoms with Gasteiger partial charge in [0.05, 0.1) is 20.9 Å². The summed E-state index contributed by atoms with van der Waals surface area (Å²) in [6.45, 7) is 0. The Kier molecular flexibility index (Phi) is 5.75. The number of hydrogen-bond donors (Lipinski definition) is 0. The smallest absolute Gasteiger partial charge is 0.294 e. The number of ketones is 1. The summed E-state index contributed by atoms with van der Waals surface area (Å²) in [5, 5.41) is 0. The monoisotopic (exact) mass is 477 g/mol. The van der Waals surface area contributed by atoms with Crippen LogP contribution in [0.15, 0.2) is 77.0 Å². The first-order valence-corrected chi connectivity index (χ1v) is 11.1. The molecule has 0 bridgehead atoms. The maximum Gasteiger partial charge on any atom is 0.419 e. The van der Waals surface area contributed by atoms with Crippen LogP contribution in [0.3, 0.4) is 0 Å². The average molecular weight is 477 g/mol. The zero-order chi connectivity index (χ0) is 23.8. The Labute approximate surface area is 185 Å². The first-order valence-electron chi connectivity index (χ1n) is 9.58. The largest absolute Gasteiger partial charge is 0.419 e. The molecule has 4 rings (SSSR count). The Balaban J connectivity index is 1.47. The van der Waals surface area contributed by atoms with Gasteiger partial charge < -0.3 is 0 Å². The molecule has 0 spiro atoms. The third-order valence-corrected chi connectivity index (χ3v) is 6.77. The fourth-order valence-electron chi connectivity index (χ4n) is 3.23. The van der Waals surface area contributed by atoms with E-state index in [1.54, 1.807) is 23.0 Å². The van der Waals surface area contributed by atoms with Gasteiger partial charge in [-0.1, -0.05) is 12.1 Å². The minimum Gasteiger partial charge on any atom is -0.294 e. The summed E-state index contributed by atoms with van der Waals surface area (Å²) in [6.07, 6.45) is 1.84. The molecule has 2 heterocycles. The molecular formula is C22H15F4N3O3S. The number of halogens is 4. The van der Waals surface area contributed by atoms with E-state index in [2.05, 4.69) is 9.97 Å². The van der Waals surface area contributed by atoms with Crippen LogP contribution < -0.4 is 0 Å². The Morgan fingerprint density at radius 2 is 1.70 bits per heavy atom. The maximum atomic E-state index is 13.8. The second kappa shape index (κ2) is 8.39. The van der Waals surface area contributed by atoms with E-state index >= 15 is 0 Å². The van der Waals surface area contributed by atoms with Crippen LogP contribution in [-0.4, -0.2) is 28.6 Å². The number of imidazole rings is 1. The third kappa shape index (κ3) is 4.63. The van der Waals surface area contributed by atoms with Crippen molar-refractivity contribution in [3.05, 3.63) is 89.8 Å². The molecule has 0 unspecified atom stereocenters. The van der Waals surface area contributed by atoms with Crippen LogP contribution in [0.1, 0.15) is 27.9 Å². The number of aryl methyl sites for hydroxylation is 1. The second-order valence-electron chi connectivity index (χ2n) is 7.19. The molecule has 0 radical (unpaired) electrons. The first kappa shape index (κ1) is 22.6. The molecule has 0 saturated carbocycles. The van der Waals surface area contributed by atoms with Crippen LogP contribution in [0.4, 0.5) is 17.6 Å². The summed E-state index contributed by atoms with van der Waals surface area (Å²) in [5.41, 5.74) is -0.453. The van der Waals surface area contributed by atoms with Gasteiger partial charge in [0.2, 0.25) is 15.6 Å². The highest BCUT2D eigenvalue weighted by Gasteiger charge is 2.34. The van der Waals surface area contributed by atoms with Crippen molar-refractivity contribution in [2.75, 3.05) is 0 Å². The number of Topliss-reactive ketones (excluding diaryl/α,β-unsaturated/α-hetero) is 1. The lowest BCUT2D eigenvalue weighted by Crippen LogP contribution is -2.10. The lowest BCUT2D eigenvalue weighted by atomic mass is 10.0. The Hall–Kier alpha value is -3.60. The summed E-state index contributed by atoms with van der Waals surface area (Å²) in [7, 11) is -4.22. The van der Waals surface area contributed by atoms with Crippen LogP contribution in [0.5, 0.6) is 0 Å². The van der Waals surface area contributed by atoms with Crippen molar-refractivity contribution in [2.45, 2.75) is 28.8 Å². The quantitative estimate of drug-likeness (QED) is 0.301. The highest BCUT2D eigenvalue weighted by atomic mass is 32.2. The van der Waals surface area contributed by atoms with Crippen molar-refractivity contribution >= 4 is 21.4 Å². The van der Waals surface area contributed by atoms with E-state index in [-0.39, 0.29) is 17.1 Å². The molecule has 2 aromatic carbocycles. The molecule has 0 aliphatic carbocycles. The van der Waals surface area contributed by atoms with Crippen molar-refractivity contribution in [3.63, 3.8) is 0 Å². The van der Waals surface area contributed by atoms with Crippen molar-refractivity contribution in [1.82, 2.24) is 14.4 Å². The highest BCUT2D eigenvalue weighted by molar-refractivity contribution is 7.91. The van der Waals surface area contributed by atoms with E-state index in [9.17, 15) is 30.8 Å². The number of nitrogens with zero attached hydrogens (tertiary/aromatic N) is 3. The van der Waals surface area contributed by atoms with Crippen LogP contribution in [0.2, 0.25) is 0 Å². The van der Waals surface area contributed by atoms with Gasteiger partial charge in [0.1, 0.15) is 5.82 Å². The minimum atomic E-state index is -4.92. The minimum absolute atomic E-state index is 0.151. The van der Waals surface area contributed by atoms with E-state index in [0.29, 0.717) is 35.5 Å². The SMILES string of the molecule is O=C(CCc1ccc(S(=O)(=O)c2ccc(C(F)(F)F)c(F)c2)cc1)c1cnc2nccn2c1. The molecule has 170 valence electrons.